The Hall–Kier alpha value is -4.96. The number of amides is 1. The Kier molecular flexibility index (Phi) is 8.08. The van der Waals surface area contributed by atoms with Gasteiger partial charge in [0.2, 0.25) is 0 Å². The molecule has 0 spiro atoms. The zero-order valence-corrected chi connectivity index (χ0v) is 24.1. The highest BCUT2D eigenvalue weighted by Crippen LogP contribution is 2.44. The molecular formula is C32H28N2O7S. The lowest BCUT2D eigenvalue weighted by Gasteiger charge is -2.20. The Morgan fingerprint density at radius 2 is 1.83 bits per heavy atom. The summed E-state index contributed by atoms with van der Waals surface area (Å²) in [6, 6.07) is 16.7. The second-order valence-corrected chi connectivity index (χ2v) is 10.6. The molecule has 0 radical (unpaired) electrons. The van der Waals surface area contributed by atoms with E-state index in [2.05, 4.69) is 11.6 Å². The van der Waals surface area contributed by atoms with E-state index in [4.69, 9.17) is 13.9 Å². The van der Waals surface area contributed by atoms with E-state index in [1.807, 2.05) is 31.2 Å². The number of aliphatic hydroxyl groups excluding tert-OH is 1. The highest BCUT2D eigenvalue weighted by Gasteiger charge is 2.50. The summed E-state index contributed by atoms with van der Waals surface area (Å²) < 4.78 is 16.9. The van der Waals surface area contributed by atoms with Crippen molar-refractivity contribution >= 4 is 39.9 Å². The number of hydrogen-bond donors (Lipinski definition) is 1. The predicted octanol–water partition coefficient (Wildman–Crippen LogP) is 6.21. The van der Waals surface area contributed by atoms with Crippen molar-refractivity contribution in [2.75, 3.05) is 11.5 Å². The normalized spacial score (nSPS) is 16.1. The number of benzene rings is 2. The fraction of sp³-hybridized carbons (Fsp3) is 0.188. The van der Waals surface area contributed by atoms with Crippen LogP contribution in [0.1, 0.15) is 49.6 Å². The Bertz CT molecular complexity index is 1710. The van der Waals surface area contributed by atoms with Crippen molar-refractivity contribution < 1.29 is 33.4 Å². The number of thiazole rings is 1. The molecule has 1 fully saturated rings. The summed E-state index contributed by atoms with van der Waals surface area (Å²) in [5, 5.41) is 11.5. The van der Waals surface area contributed by atoms with E-state index in [9.17, 15) is 19.5 Å². The standard InChI is InChI=1S/C32H28N2O7S/c1-5-16-39-31(38)29-20(4)33-32(42-29)34-26(24-15-10-19(3)41-24)25(28(36)30(34)37)27(35)21-11-13-23(14-12-21)40-17-22-9-7-6-8-18(22)2/h5-15,26,35H,1,16-17H2,2-4H3. The van der Waals surface area contributed by atoms with Crippen LogP contribution in [0.3, 0.4) is 0 Å². The van der Waals surface area contributed by atoms with Crippen LogP contribution in [0.2, 0.25) is 0 Å². The number of Topliss-reactive ketones (excluding diaryl/α,β-unsaturated/α-hetero) is 1. The first kappa shape index (κ1) is 28.6. The molecule has 42 heavy (non-hydrogen) atoms. The van der Waals surface area contributed by atoms with Crippen molar-refractivity contribution in [3.63, 3.8) is 0 Å². The van der Waals surface area contributed by atoms with Crippen LogP contribution in [0.4, 0.5) is 5.13 Å². The molecule has 2 aromatic carbocycles. The Balaban J connectivity index is 1.50. The van der Waals surface area contributed by atoms with Crippen molar-refractivity contribution in [1.82, 2.24) is 4.98 Å². The molecule has 1 amide bonds. The van der Waals surface area contributed by atoms with Crippen LogP contribution in [0.5, 0.6) is 5.75 Å². The Labute approximate surface area is 246 Å². The van der Waals surface area contributed by atoms with Crippen LogP contribution in [0.25, 0.3) is 5.76 Å². The van der Waals surface area contributed by atoms with Crippen LogP contribution in [0, 0.1) is 20.8 Å². The maximum absolute atomic E-state index is 13.4. The third-order valence-electron chi connectivity index (χ3n) is 6.77. The number of carbonyl (C=O) groups excluding carboxylic acids is 3. The average Bonchev–Trinajstić information content (AvgIpc) is 3.66. The van der Waals surface area contributed by atoms with Gasteiger partial charge in [0.15, 0.2) is 5.13 Å². The van der Waals surface area contributed by atoms with Gasteiger partial charge in [-0.15, -0.1) is 0 Å². The number of ketones is 1. The van der Waals surface area contributed by atoms with Gasteiger partial charge in [-0.25, -0.2) is 9.78 Å². The first-order valence-corrected chi connectivity index (χ1v) is 13.9. The van der Waals surface area contributed by atoms with E-state index in [-0.39, 0.29) is 33.7 Å². The lowest BCUT2D eigenvalue weighted by Crippen LogP contribution is -2.29. The number of hydrogen-bond acceptors (Lipinski definition) is 9. The number of aromatic nitrogens is 1. The van der Waals surface area contributed by atoms with Gasteiger partial charge in [0.1, 0.15) is 47.2 Å². The van der Waals surface area contributed by atoms with Crippen molar-refractivity contribution in [1.29, 1.82) is 0 Å². The molecule has 0 saturated carbocycles. The van der Waals surface area contributed by atoms with E-state index in [1.54, 1.807) is 50.2 Å². The minimum Gasteiger partial charge on any atom is -0.507 e. The molecule has 10 heteroatoms. The lowest BCUT2D eigenvalue weighted by atomic mass is 9.99. The molecular weight excluding hydrogens is 556 g/mol. The van der Waals surface area contributed by atoms with E-state index in [1.165, 1.54) is 6.08 Å². The minimum atomic E-state index is -1.11. The highest BCUT2D eigenvalue weighted by molar-refractivity contribution is 7.17. The third kappa shape index (κ3) is 5.48. The fourth-order valence-electron chi connectivity index (χ4n) is 4.57. The number of anilines is 1. The summed E-state index contributed by atoms with van der Waals surface area (Å²) in [6.07, 6.45) is 1.44. The zero-order valence-electron chi connectivity index (χ0n) is 23.2. The van der Waals surface area contributed by atoms with Crippen LogP contribution in [-0.4, -0.2) is 34.4 Å². The van der Waals surface area contributed by atoms with Gasteiger partial charge in [0.25, 0.3) is 5.78 Å². The fourth-order valence-corrected chi connectivity index (χ4v) is 5.56. The summed E-state index contributed by atoms with van der Waals surface area (Å²) >= 11 is 0.913. The number of esters is 1. The Morgan fingerprint density at radius 3 is 2.50 bits per heavy atom. The number of ether oxygens (including phenoxy) is 2. The molecule has 4 aromatic rings. The molecule has 1 atom stereocenters. The molecule has 0 bridgehead atoms. The zero-order chi connectivity index (χ0) is 30.0. The molecule has 1 aliphatic rings. The van der Waals surface area contributed by atoms with Crippen molar-refractivity contribution in [3.05, 3.63) is 118 Å². The summed E-state index contributed by atoms with van der Waals surface area (Å²) in [5.74, 6) is -1.43. The molecule has 1 aliphatic heterocycles. The van der Waals surface area contributed by atoms with Gasteiger partial charge >= 0.3 is 11.9 Å². The van der Waals surface area contributed by atoms with Gasteiger partial charge in [0, 0.05) is 5.56 Å². The summed E-state index contributed by atoms with van der Waals surface area (Å²) in [7, 11) is 0. The summed E-state index contributed by atoms with van der Waals surface area (Å²) in [5.41, 5.74) is 2.65. The van der Waals surface area contributed by atoms with Gasteiger partial charge in [-0.05, 0) is 68.3 Å². The van der Waals surface area contributed by atoms with E-state index < -0.39 is 23.7 Å². The summed E-state index contributed by atoms with van der Waals surface area (Å²) in [6.45, 7) is 9.26. The molecule has 2 aromatic heterocycles. The van der Waals surface area contributed by atoms with Gasteiger partial charge < -0.3 is 19.0 Å². The smallest absolute Gasteiger partial charge is 0.350 e. The topological polar surface area (TPSA) is 119 Å². The first-order chi connectivity index (χ1) is 20.2. The van der Waals surface area contributed by atoms with Crippen LogP contribution in [0.15, 0.2) is 83.3 Å². The van der Waals surface area contributed by atoms with Crippen molar-refractivity contribution in [2.24, 2.45) is 0 Å². The number of nitrogens with zero attached hydrogens (tertiary/aromatic N) is 2. The van der Waals surface area contributed by atoms with Crippen molar-refractivity contribution in [2.45, 2.75) is 33.4 Å². The predicted molar refractivity (Wildman–Crippen MR) is 158 cm³/mol. The quantitative estimate of drug-likeness (QED) is 0.0811. The molecule has 1 saturated heterocycles. The number of aliphatic hydroxyl groups is 1. The first-order valence-electron chi connectivity index (χ1n) is 13.1. The number of carbonyl (C=O) groups is 3. The maximum Gasteiger partial charge on any atom is 0.350 e. The van der Waals surface area contributed by atoms with Crippen LogP contribution >= 0.6 is 11.3 Å². The van der Waals surface area contributed by atoms with Crippen LogP contribution < -0.4 is 9.64 Å². The van der Waals surface area contributed by atoms with Crippen molar-refractivity contribution in [3.8, 4) is 5.75 Å². The molecule has 5 rings (SSSR count). The van der Waals surface area contributed by atoms with Gasteiger partial charge in [-0.3, -0.25) is 14.5 Å². The van der Waals surface area contributed by atoms with Gasteiger partial charge in [-0.1, -0.05) is 48.3 Å². The molecule has 1 unspecified atom stereocenters. The van der Waals surface area contributed by atoms with E-state index >= 15 is 0 Å². The lowest BCUT2D eigenvalue weighted by molar-refractivity contribution is -0.132. The monoisotopic (exact) mass is 584 g/mol. The highest BCUT2D eigenvalue weighted by atomic mass is 32.1. The number of furan rings is 1. The van der Waals surface area contributed by atoms with Gasteiger partial charge in [-0.2, -0.15) is 0 Å². The largest absolute Gasteiger partial charge is 0.507 e. The number of aryl methyl sites for hydroxylation is 3. The average molecular weight is 585 g/mol. The maximum atomic E-state index is 13.4. The molecule has 3 heterocycles. The van der Waals surface area contributed by atoms with E-state index in [0.717, 1.165) is 27.4 Å². The van der Waals surface area contributed by atoms with E-state index in [0.29, 0.717) is 29.4 Å². The SMILES string of the molecule is C=CCOC(=O)c1sc(N2C(=O)C(=O)C(=C(O)c3ccc(OCc4ccccc4C)cc3)C2c2ccc(C)o2)nc1C. The molecule has 214 valence electrons. The Morgan fingerprint density at radius 1 is 1.10 bits per heavy atom. The second-order valence-electron chi connectivity index (χ2n) is 9.66. The van der Waals surface area contributed by atoms with Crippen LogP contribution in [-0.2, 0) is 20.9 Å². The molecule has 0 aliphatic carbocycles. The number of rotatable bonds is 9. The molecule has 1 N–H and O–H groups in total. The van der Waals surface area contributed by atoms with Gasteiger partial charge in [0.05, 0.1) is 11.3 Å². The third-order valence-corrected chi connectivity index (χ3v) is 7.90. The second kappa shape index (κ2) is 11.9. The summed E-state index contributed by atoms with van der Waals surface area (Å²) in [4.78, 5) is 45.1. The molecule has 9 nitrogen and oxygen atoms in total. The minimum absolute atomic E-state index is 0.0113.